The maximum Gasteiger partial charge on any atom is 0.349 e. The van der Waals surface area contributed by atoms with Crippen molar-refractivity contribution >= 4 is 21.9 Å². The molecule has 1 N–H and O–H groups in total. The number of aromatic amines is 1. The van der Waals surface area contributed by atoms with E-state index in [9.17, 15) is 9.59 Å². The lowest BCUT2D eigenvalue weighted by molar-refractivity contribution is 0.877. The maximum absolute atomic E-state index is 11.9. The second-order valence-corrected chi connectivity index (χ2v) is 4.91. The molecule has 0 radical (unpaired) electrons. The molecule has 0 unspecified atom stereocenters. The average Bonchev–Trinajstić information content (AvgIpc) is 2.47. The van der Waals surface area contributed by atoms with E-state index in [4.69, 9.17) is 0 Å². The normalized spacial score (nSPS) is 11.5. The third kappa shape index (κ3) is 1.66. The van der Waals surface area contributed by atoms with E-state index >= 15 is 0 Å². The first-order valence-corrected chi connectivity index (χ1v) is 6.43. The van der Waals surface area contributed by atoms with Gasteiger partial charge in [-0.2, -0.15) is 4.98 Å². The zero-order chi connectivity index (χ0) is 14.6. The van der Waals surface area contributed by atoms with Crippen LogP contribution in [0, 0.1) is 0 Å². The predicted octanol–water partition coefficient (Wildman–Crippen LogP) is 1.27. The van der Waals surface area contributed by atoms with Crippen molar-refractivity contribution in [2.45, 2.75) is 0 Å². The first-order chi connectivity index (χ1) is 10.1. The van der Waals surface area contributed by atoms with Crippen LogP contribution in [0.1, 0.15) is 0 Å². The minimum absolute atomic E-state index is 0.332. The molecule has 3 heterocycles. The summed E-state index contributed by atoms with van der Waals surface area (Å²) in [5.74, 6) is 0.332. The molecule has 0 atom stereocenters. The van der Waals surface area contributed by atoms with Crippen LogP contribution in [0.4, 0.5) is 0 Å². The summed E-state index contributed by atoms with van der Waals surface area (Å²) in [4.78, 5) is 34.0. The van der Waals surface area contributed by atoms with E-state index in [1.54, 1.807) is 17.7 Å². The number of benzene rings is 1. The Morgan fingerprint density at radius 1 is 1.05 bits per heavy atom. The molecule has 0 bridgehead atoms. The molecule has 1 aromatic carbocycles. The molecule has 0 aliphatic carbocycles. The summed E-state index contributed by atoms with van der Waals surface area (Å²) in [6.45, 7) is 0. The number of nitrogens with one attached hydrogen (secondary N) is 1. The second kappa shape index (κ2) is 3.99. The third-order valence-electron chi connectivity index (χ3n) is 3.58. The molecule has 2 aromatic rings. The smallest absolute Gasteiger partial charge is 0.313 e. The number of nitrogens with zero attached hydrogens (tertiary/aromatic N) is 3. The highest BCUT2D eigenvalue weighted by Gasteiger charge is 2.15. The summed E-state index contributed by atoms with van der Waals surface area (Å²) in [6.07, 6.45) is 0. The van der Waals surface area contributed by atoms with Crippen LogP contribution in [0.2, 0.25) is 0 Å². The SMILES string of the molecule is Cn1c2nc(=O)[nH]c(=O)c-2cc2cc3ccccc3nc21. The topological polar surface area (TPSA) is 80.6 Å². The number of rotatable bonds is 0. The lowest BCUT2D eigenvalue weighted by atomic mass is 10.1. The lowest BCUT2D eigenvalue weighted by Crippen LogP contribution is -2.27. The van der Waals surface area contributed by atoms with E-state index in [-0.39, 0.29) is 0 Å². The van der Waals surface area contributed by atoms with E-state index in [0.717, 1.165) is 16.3 Å². The highest BCUT2D eigenvalue weighted by Crippen LogP contribution is 2.24. The maximum atomic E-state index is 11.9. The van der Waals surface area contributed by atoms with Crippen molar-refractivity contribution in [2.75, 3.05) is 0 Å². The average molecular weight is 278 g/mol. The number of fused-ring (bicyclic) bond motifs is 3. The Morgan fingerprint density at radius 3 is 2.71 bits per heavy atom. The number of pyridine rings is 2. The second-order valence-electron chi connectivity index (χ2n) is 4.91. The molecule has 21 heavy (non-hydrogen) atoms. The van der Waals surface area contributed by atoms with Crippen LogP contribution in [0.3, 0.4) is 0 Å². The van der Waals surface area contributed by atoms with E-state index in [0.29, 0.717) is 17.0 Å². The molecule has 0 fully saturated rings. The van der Waals surface area contributed by atoms with Gasteiger partial charge in [-0.3, -0.25) is 9.78 Å². The minimum atomic E-state index is -0.650. The Labute approximate surface area is 118 Å². The van der Waals surface area contributed by atoms with E-state index in [1.807, 2.05) is 30.3 Å². The van der Waals surface area contributed by atoms with Crippen molar-refractivity contribution in [1.29, 1.82) is 0 Å². The van der Waals surface area contributed by atoms with Crippen molar-refractivity contribution in [3.8, 4) is 11.4 Å². The summed E-state index contributed by atoms with van der Waals surface area (Å²) in [5.41, 5.74) is 0.825. The Hall–Kier alpha value is -3.02. The number of para-hydroxylation sites is 1. The van der Waals surface area contributed by atoms with Crippen molar-refractivity contribution < 1.29 is 0 Å². The van der Waals surface area contributed by atoms with Crippen molar-refractivity contribution in [3.63, 3.8) is 0 Å². The molecule has 2 aliphatic heterocycles. The largest absolute Gasteiger partial charge is 0.349 e. The molecular formula is C15H10N4O2. The van der Waals surface area contributed by atoms with Gasteiger partial charge in [0.15, 0.2) is 5.82 Å². The van der Waals surface area contributed by atoms with Gasteiger partial charge < -0.3 is 4.57 Å². The van der Waals surface area contributed by atoms with Gasteiger partial charge in [-0.05, 0) is 18.2 Å². The van der Waals surface area contributed by atoms with Gasteiger partial charge in [0.1, 0.15) is 5.65 Å². The van der Waals surface area contributed by atoms with Crippen molar-refractivity contribution in [1.82, 2.24) is 19.5 Å². The van der Waals surface area contributed by atoms with Crippen LogP contribution in [0.5, 0.6) is 0 Å². The molecule has 4 rings (SSSR count). The van der Waals surface area contributed by atoms with Crippen molar-refractivity contribution in [3.05, 3.63) is 57.2 Å². The molecule has 0 amide bonds. The van der Waals surface area contributed by atoms with E-state index in [1.165, 1.54) is 0 Å². The molecular weight excluding hydrogens is 268 g/mol. The zero-order valence-electron chi connectivity index (χ0n) is 11.1. The molecule has 6 heteroatoms. The zero-order valence-corrected chi connectivity index (χ0v) is 11.1. The summed E-state index contributed by atoms with van der Waals surface area (Å²) >= 11 is 0. The third-order valence-corrected chi connectivity index (χ3v) is 3.58. The van der Waals surface area contributed by atoms with Crippen LogP contribution in [0.15, 0.2) is 46.0 Å². The summed E-state index contributed by atoms with van der Waals surface area (Å²) in [6, 6.07) is 11.4. The quantitative estimate of drug-likeness (QED) is 0.491. The molecule has 6 nitrogen and oxygen atoms in total. The fraction of sp³-hybridized carbons (Fsp3) is 0.0667. The fourth-order valence-corrected chi connectivity index (χ4v) is 2.59. The standard InChI is InChI=1S/C15H10N4O2/c1-19-12-9(6-8-4-2-3-5-11(8)16-12)7-10-13(19)17-15(21)18-14(10)20/h2-7H,1H3,(H,18,20,21). The predicted molar refractivity (Wildman–Crippen MR) is 79.5 cm³/mol. The van der Waals surface area contributed by atoms with Gasteiger partial charge in [0, 0.05) is 17.8 Å². The summed E-state index contributed by atoms with van der Waals surface area (Å²) < 4.78 is 1.67. The monoisotopic (exact) mass is 278 g/mol. The van der Waals surface area contributed by atoms with Gasteiger partial charge in [-0.1, -0.05) is 18.2 Å². The molecule has 2 aliphatic rings. The molecule has 0 spiro atoms. The Kier molecular flexibility index (Phi) is 2.24. The van der Waals surface area contributed by atoms with Gasteiger partial charge in [0.05, 0.1) is 11.1 Å². The Bertz CT molecular complexity index is 1090. The number of hydrogen-bond donors (Lipinski definition) is 1. The number of aromatic nitrogens is 4. The van der Waals surface area contributed by atoms with Crippen LogP contribution in [-0.2, 0) is 7.05 Å². The van der Waals surface area contributed by atoms with E-state index in [2.05, 4.69) is 15.0 Å². The van der Waals surface area contributed by atoms with E-state index < -0.39 is 11.2 Å². The lowest BCUT2D eigenvalue weighted by Gasteiger charge is -2.12. The molecule has 0 saturated carbocycles. The highest BCUT2D eigenvalue weighted by molar-refractivity contribution is 5.93. The van der Waals surface area contributed by atoms with Crippen LogP contribution >= 0.6 is 0 Å². The van der Waals surface area contributed by atoms with Gasteiger partial charge >= 0.3 is 5.69 Å². The molecule has 0 saturated heterocycles. The molecule has 1 aromatic heterocycles. The molecule has 102 valence electrons. The fourth-order valence-electron chi connectivity index (χ4n) is 2.59. The van der Waals surface area contributed by atoms with Crippen LogP contribution in [-0.4, -0.2) is 19.5 Å². The first kappa shape index (κ1) is 11.8. The summed E-state index contributed by atoms with van der Waals surface area (Å²) in [5, 5.41) is 1.82. The summed E-state index contributed by atoms with van der Waals surface area (Å²) in [7, 11) is 1.75. The van der Waals surface area contributed by atoms with Crippen LogP contribution in [0.25, 0.3) is 33.3 Å². The first-order valence-electron chi connectivity index (χ1n) is 6.43. The van der Waals surface area contributed by atoms with Crippen molar-refractivity contribution in [2.24, 2.45) is 7.05 Å². The van der Waals surface area contributed by atoms with Gasteiger partial charge in [0.25, 0.3) is 5.56 Å². The number of hydrogen-bond acceptors (Lipinski definition) is 4. The van der Waals surface area contributed by atoms with Gasteiger partial charge in [-0.15, -0.1) is 0 Å². The van der Waals surface area contributed by atoms with Crippen LogP contribution < -0.4 is 11.2 Å². The Morgan fingerprint density at radius 2 is 1.86 bits per heavy atom. The highest BCUT2D eigenvalue weighted by atomic mass is 16.2. The Balaban J connectivity index is 2.28. The number of H-pyrrole nitrogens is 1. The van der Waals surface area contributed by atoms with Gasteiger partial charge in [0.2, 0.25) is 0 Å². The minimum Gasteiger partial charge on any atom is -0.313 e. The van der Waals surface area contributed by atoms with Gasteiger partial charge in [-0.25, -0.2) is 9.78 Å². The number of aryl methyl sites for hydroxylation is 1.